The molecule has 3 aromatic carbocycles. The van der Waals surface area contributed by atoms with Crippen LogP contribution in [0.1, 0.15) is 122 Å². The van der Waals surface area contributed by atoms with Crippen LogP contribution in [0.2, 0.25) is 0 Å². The predicted molar refractivity (Wildman–Crippen MR) is 211 cm³/mol. The summed E-state index contributed by atoms with van der Waals surface area (Å²) in [6, 6.07) is 26.2. The second kappa shape index (κ2) is 24.2. The highest BCUT2D eigenvalue weighted by molar-refractivity contribution is 5.65. The Kier molecular flexibility index (Phi) is 21.3. The van der Waals surface area contributed by atoms with Gasteiger partial charge in [-0.15, -0.1) is 0 Å². The Hall–Kier alpha value is -3.98. The molecule has 0 fully saturated rings. The molecule has 0 bridgehead atoms. The summed E-state index contributed by atoms with van der Waals surface area (Å²) in [5, 5.41) is 0. The van der Waals surface area contributed by atoms with Gasteiger partial charge in [-0.2, -0.15) is 0 Å². The fraction of sp³-hybridized carbons (Fsp3) is 0.435. The molecule has 3 heteroatoms. The molecule has 0 radical (unpaired) electrons. The van der Waals surface area contributed by atoms with Gasteiger partial charge < -0.3 is 9.53 Å². The minimum absolute atomic E-state index is 0.211. The second-order valence-electron chi connectivity index (χ2n) is 13.3. The molecule has 6 rings (SSSR count). The van der Waals surface area contributed by atoms with Crippen molar-refractivity contribution in [3.63, 3.8) is 0 Å². The number of fused-ring (bicyclic) bond motifs is 3. The Morgan fingerprint density at radius 2 is 0.694 bits per heavy atom. The van der Waals surface area contributed by atoms with Crippen LogP contribution in [-0.4, -0.2) is 18.9 Å². The zero-order valence-electron chi connectivity index (χ0n) is 32.6. The Morgan fingerprint density at radius 1 is 0.510 bits per heavy atom. The third-order valence-electron chi connectivity index (χ3n) is 8.79. The van der Waals surface area contributed by atoms with Crippen LogP contribution in [0.15, 0.2) is 106 Å². The van der Waals surface area contributed by atoms with Crippen LogP contribution in [0, 0.1) is 0 Å². The van der Waals surface area contributed by atoms with Gasteiger partial charge in [0.15, 0.2) is 0 Å². The third kappa shape index (κ3) is 16.3. The SMILES string of the molecule is CC1=C(C)Cc2ccccc2C1.CC1=C(C)Cc2ccccc2C1.CC1=C(C)Cc2ccccc2C1.CCC.CCC=O.CCOC(C)=O. The smallest absolute Gasteiger partial charge is 0.302 e. The average molecular weight is 665 g/mol. The van der Waals surface area contributed by atoms with Gasteiger partial charge in [0.1, 0.15) is 6.29 Å². The van der Waals surface area contributed by atoms with Crippen molar-refractivity contribution < 1.29 is 14.3 Å². The van der Waals surface area contributed by atoms with Gasteiger partial charge in [-0.3, -0.25) is 4.79 Å². The molecule has 3 aliphatic carbocycles. The fourth-order valence-electron chi connectivity index (χ4n) is 5.53. The first kappa shape index (κ1) is 43.0. The number of hydrogen-bond donors (Lipinski definition) is 0. The normalized spacial score (nSPS) is 13.7. The van der Waals surface area contributed by atoms with Crippen molar-refractivity contribution in [1.29, 1.82) is 0 Å². The lowest BCUT2D eigenvalue weighted by Gasteiger charge is -2.18. The van der Waals surface area contributed by atoms with E-state index in [1.165, 1.54) is 46.7 Å². The van der Waals surface area contributed by atoms with Gasteiger partial charge in [0.05, 0.1) is 6.61 Å². The number of allylic oxidation sites excluding steroid dienone is 6. The summed E-state index contributed by atoms with van der Waals surface area (Å²) in [6.07, 6.45) is 9.69. The average Bonchev–Trinajstić information content (AvgIpc) is 3.08. The van der Waals surface area contributed by atoms with E-state index in [1.807, 2.05) is 6.92 Å². The van der Waals surface area contributed by atoms with Crippen LogP contribution in [-0.2, 0) is 52.9 Å². The third-order valence-corrected chi connectivity index (χ3v) is 8.79. The Labute approximate surface area is 299 Å². The van der Waals surface area contributed by atoms with E-state index in [0.29, 0.717) is 13.0 Å². The molecule has 0 aromatic heterocycles. The molecule has 0 unspecified atom stereocenters. The lowest BCUT2D eigenvalue weighted by molar-refractivity contribution is -0.140. The van der Waals surface area contributed by atoms with Crippen molar-refractivity contribution in [2.24, 2.45) is 0 Å². The maximum absolute atomic E-state index is 9.82. The van der Waals surface area contributed by atoms with Crippen LogP contribution in [0.25, 0.3) is 0 Å². The lowest BCUT2D eigenvalue weighted by Crippen LogP contribution is -2.04. The van der Waals surface area contributed by atoms with Gasteiger partial charge >= 0.3 is 5.97 Å². The first-order valence-electron chi connectivity index (χ1n) is 18.1. The van der Waals surface area contributed by atoms with Crippen LogP contribution in [0.5, 0.6) is 0 Å². The molecule has 0 atom stereocenters. The van der Waals surface area contributed by atoms with E-state index in [0.717, 1.165) is 44.8 Å². The first-order valence-corrected chi connectivity index (χ1v) is 18.1. The Morgan fingerprint density at radius 3 is 0.796 bits per heavy atom. The van der Waals surface area contributed by atoms with Crippen molar-refractivity contribution in [2.45, 2.75) is 128 Å². The summed E-state index contributed by atoms with van der Waals surface area (Å²) >= 11 is 0. The molecule has 0 amide bonds. The van der Waals surface area contributed by atoms with Crippen molar-refractivity contribution in [3.05, 3.63) is 140 Å². The van der Waals surface area contributed by atoms with Gasteiger partial charge in [-0.05, 0) is 120 Å². The first-order chi connectivity index (χ1) is 23.4. The zero-order chi connectivity index (χ0) is 36.8. The van der Waals surface area contributed by atoms with E-state index in [2.05, 4.69) is 133 Å². The molecule has 0 saturated heterocycles. The lowest BCUT2D eigenvalue weighted by atomic mass is 9.88. The minimum Gasteiger partial charge on any atom is -0.466 e. The number of ether oxygens (including phenoxy) is 1. The fourth-order valence-corrected chi connectivity index (χ4v) is 5.53. The van der Waals surface area contributed by atoms with Crippen molar-refractivity contribution in [3.8, 4) is 0 Å². The molecule has 3 aliphatic rings. The molecule has 3 nitrogen and oxygen atoms in total. The van der Waals surface area contributed by atoms with Crippen molar-refractivity contribution in [1.82, 2.24) is 0 Å². The number of carbonyl (C=O) groups excluding carboxylic acids is 2. The summed E-state index contributed by atoms with van der Waals surface area (Å²) in [5.74, 6) is -0.211. The molecule has 49 heavy (non-hydrogen) atoms. The highest BCUT2D eigenvalue weighted by atomic mass is 16.5. The maximum Gasteiger partial charge on any atom is 0.302 e. The molecule has 0 heterocycles. The summed E-state index contributed by atoms with van der Waals surface area (Å²) in [6.45, 7) is 23.2. The van der Waals surface area contributed by atoms with Crippen LogP contribution < -0.4 is 0 Å². The summed E-state index contributed by atoms with van der Waals surface area (Å²) in [7, 11) is 0. The molecular formula is C46H64O3. The topological polar surface area (TPSA) is 43.4 Å². The maximum atomic E-state index is 9.82. The number of rotatable bonds is 2. The molecular weight excluding hydrogens is 601 g/mol. The number of benzene rings is 3. The van der Waals surface area contributed by atoms with E-state index >= 15 is 0 Å². The van der Waals surface area contributed by atoms with Gasteiger partial charge in [0, 0.05) is 13.3 Å². The molecule has 266 valence electrons. The zero-order valence-corrected chi connectivity index (χ0v) is 32.6. The number of carbonyl (C=O) groups is 2. The summed E-state index contributed by atoms with van der Waals surface area (Å²) in [5.41, 5.74) is 18.4. The molecule has 0 saturated carbocycles. The van der Waals surface area contributed by atoms with Gasteiger partial charge in [0.25, 0.3) is 0 Å². The van der Waals surface area contributed by atoms with Crippen LogP contribution in [0.3, 0.4) is 0 Å². The quantitative estimate of drug-likeness (QED) is 0.156. The summed E-state index contributed by atoms with van der Waals surface area (Å²) in [4.78, 5) is 19.0. The van der Waals surface area contributed by atoms with Crippen LogP contribution in [0.4, 0.5) is 0 Å². The number of hydrogen-bond acceptors (Lipinski definition) is 3. The summed E-state index contributed by atoms with van der Waals surface area (Å²) < 4.78 is 4.40. The monoisotopic (exact) mass is 664 g/mol. The molecule has 0 spiro atoms. The van der Waals surface area contributed by atoms with Crippen molar-refractivity contribution in [2.75, 3.05) is 6.61 Å². The highest BCUT2D eigenvalue weighted by Crippen LogP contribution is 2.27. The van der Waals surface area contributed by atoms with Gasteiger partial charge in [-0.1, -0.05) is 133 Å². The highest BCUT2D eigenvalue weighted by Gasteiger charge is 2.12. The Bertz CT molecular complexity index is 1290. The molecule has 0 aliphatic heterocycles. The van der Waals surface area contributed by atoms with E-state index in [4.69, 9.17) is 0 Å². The van der Waals surface area contributed by atoms with Crippen molar-refractivity contribution >= 4 is 12.3 Å². The van der Waals surface area contributed by atoms with Gasteiger partial charge in [0.2, 0.25) is 0 Å². The number of esters is 1. The van der Waals surface area contributed by atoms with Crippen LogP contribution >= 0.6 is 0 Å². The minimum atomic E-state index is -0.211. The predicted octanol–water partition coefficient (Wildman–Crippen LogP) is 11.9. The van der Waals surface area contributed by atoms with E-state index in [1.54, 1.807) is 40.4 Å². The van der Waals surface area contributed by atoms with E-state index in [9.17, 15) is 9.59 Å². The van der Waals surface area contributed by atoms with E-state index in [-0.39, 0.29) is 5.97 Å². The van der Waals surface area contributed by atoms with Gasteiger partial charge in [-0.25, -0.2) is 0 Å². The Balaban J connectivity index is 0.000000314. The van der Waals surface area contributed by atoms with E-state index < -0.39 is 0 Å². The standard InChI is InChI=1S/3C12H14.C4H8O2.C3H6O.C3H8/c3*1-9-7-11-5-3-4-6-12(11)8-10(9)2;1-3-6-4(2)5;1-2-3-4;1-3-2/h3*3-6H,7-8H2,1-2H3;3H2,1-2H3;3H,2H2,1H3;3H2,1-2H3. The largest absolute Gasteiger partial charge is 0.466 e. The molecule has 3 aromatic rings. The second-order valence-corrected chi connectivity index (χ2v) is 13.3. The molecule has 0 N–H and O–H groups in total. The number of aldehydes is 1.